The summed E-state index contributed by atoms with van der Waals surface area (Å²) in [6.07, 6.45) is 0. The summed E-state index contributed by atoms with van der Waals surface area (Å²) in [7, 11) is 0. The Kier molecular flexibility index (Phi) is 3.87. The van der Waals surface area contributed by atoms with E-state index < -0.39 is 0 Å². The van der Waals surface area contributed by atoms with Crippen molar-refractivity contribution < 1.29 is 4.79 Å². The van der Waals surface area contributed by atoms with Crippen LogP contribution in [0.15, 0.2) is 19.3 Å². The van der Waals surface area contributed by atoms with Crippen LogP contribution >= 0.6 is 55.0 Å². The van der Waals surface area contributed by atoms with Gasteiger partial charge >= 0.3 is 0 Å². The van der Waals surface area contributed by atoms with Gasteiger partial charge in [-0.25, -0.2) is 0 Å². The smallest absolute Gasteiger partial charge is 0.267 e. The van der Waals surface area contributed by atoms with Gasteiger partial charge in [-0.1, -0.05) is 11.8 Å². The Balaban J connectivity index is 2.07. The maximum atomic E-state index is 11.7. The van der Waals surface area contributed by atoms with Crippen LogP contribution in [0.2, 0.25) is 0 Å². The number of amides is 1. The Morgan fingerprint density at radius 2 is 2.33 bits per heavy atom. The molecule has 0 bridgehead atoms. The van der Waals surface area contributed by atoms with E-state index in [4.69, 9.17) is 0 Å². The van der Waals surface area contributed by atoms with Gasteiger partial charge in [0.05, 0.1) is 15.2 Å². The number of halogens is 2. The summed E-state index contributed by atoms with van der Waals surface area (Å²) in [5, 5.41) is 3.50. The van der Waals surface area contributed by atoms with Crippen LogP contribution in [0, 0.1) is 0 Å². The number of nitrogens with zero attached hydrogens (tertiary/aromatic N) is 1. The number of aliphatic imine (C=N–C) groups is 1. The van der Waals surface area contributed by atoms with Crippen LogP contribution in [0.25, 0.3) is 0 Å². The molecule has 1 aliphatic heterocycles. The number of thiophene rings is 1. The molecule has 0 atom stereocenters. The molecule has 1 aromatic heterocycles. The van der Waals surface area contributed by atoms with Gasteiger partial charge in [0.1, 0.15) is 0 Å². The summed E-state index contributed by atoms with van der Waals surface area (Å²) in [5.74, 6) is 0.854. The van der Waals surface area contributed by atoms with Gasteiger partial charge in [0.2, 0.25) is 0 Å². The molecule has 0 saturated heterocycles. The number of hydrogen-bond acceptors (Lipinski definition) is 4. The minimum absolute atomic E-state index is 0.0976. The molecule has 15 heavy (non-hydrogen) atoms. The van der Waals surface area contributed by atoms with Crippen molar-refractivity contribution in [2.75, 3.05) is 12.3 Å². The van der Waals surface area contributed by atoms with Crippen LogP contribution in [0.4, 0.5) is 0 Å². The van der Waals surface area contributed by atoms with Crippen molar-refractivity contribution in [1.29, 1.82) is 0 Å². The first kappa shape index (κ1) is 11.6. The lowest BCUT2D eigenvalue weighted by Crippen LogP contribution is -2.26. The van der Waals surface area contributed by atoms with E-state index in [1.807, 2.05) is 0 Å². The Morgan fingerprint density at radius 3 is 2.87 bits per heavy atom. The second kappa shape index (κ2) is 4.99. The molecule has 1 N–H and O–H groups in total. The maximum absolute atomic E-state index is 11.7. The Morgan fingerprint density at radius 1 is 1.53 bits per heavy atom. The van der Waals surface area contributed by atoms with Crippen LogP contribution in [0.3, 0.4) is 0 Å². The minimum atomic E-state index is -0.0976. The Hall–Kier alpha value is 0.150. The highest BCUT2D eigenvalue weighted by Crippen LogP contribution is 2.32. The Bertz CT molecular complexity index is 411. The highest BCUT2D eigenvalue weighted by molar-refractivity contribution is 9.13. The van der Waals surface area contributed by atoms with Gasteiger partial charge in [0, 0.05) is 10.2 Å². The lowest BCUT2D eigenvalue weighted by Gasteiger charge is -2.00. The fourth-order valence-electron chi connectivity index (χ4n) is 1.03. The lowest BCUT2D eigenvalue weighted by molar-refractivity contribution is 0.0982. The molecular formula is C8H6Br2N2OS2. The molecule has 2 rings (SSSR count). The van der Waals surface area contributed by atoms with Crippen LogP contribution in [-0.4, -0.2) is 23.4 Å². The zero-order valence-electron chi connectivity index (χ0n) is 7.42. The van der Waals surface area contributed by atoms with E-state index in [0.29, 0.717) is 4.88 Å². The van der Waals surface area contributed by atoms with Gasteiger partial charge in [-0.05, 0) is 37.9 Å². The third kappa shape index (κ3) is 2.83. The molecule has 0 radical (unpaired) electrons. The van der Waals surface area contributed by atoms with Crippen LogP contribution in [0.1, 0.15) is 9.67 Å². The summed E-state index contributed by atoms with van der Waals surface area (Å²) < 4.78 is 1.83. The molecule has 0 fully saturated rings. The maximum Gasteiger partial charge on any atom is 0.267 e. The predicted molar refractivity (Wildman–Crippen MR) is 71.9 cm³/mol. The van der Waals surface area contributed by atoms with E-state index in [2.05, 4.69) is 42.2 Å². The number of nitrogens with one attached hydrogen (secondary N) is 1. The van der Waals surface area contributed by atoms with E-state index in [9.17, 15) is 4.79 Å². The monoisotopic (exact) mass is 368 g/mol. The number of thioether (sulfide) groups is 1. The third-order valence-corrected chi connectivity index (χ3v) is 5.82. The third-order valence-electron chi connectivity index (χ3n) is 1.67. The van der Waals surface area contributed by atoms with E-state index in [0.717, 1.165) is 25.7 Å². The fraction of sp³-hybridized carbons (Fsp3) is 0.250. The fourth-order valence-corrected chi connectivity index (χ4v) is 3.68. The number of carbonyl (C=O) groups excluding carboxylic acids is 1. The molecule has 3 nitrogen and oxygen atoms in total. The summed E-state index contributed by atoms with van der Waals surface area (Å²) in [6, 6.07) is 1.80. The molecule has 0 aliphatic carbocycles. The predicted octanol–water partition coefficient (Wildman–Crippen LogP) is 3.11. The van der Waals surface area contributed by atoms with Gasteiger partial charge in [0.25, 0.3) is 5.91 Å². The summed E-state index contributed by atoms with van der Waals surface area (Å²) in [6.45, 7) is 0.790. The van der Waals surface area contributed by atoms with Crippen molar-refractivity contribution in [3.8, 4) is 0 Å². The average Bonchev–Trinajstić information content (AvgIpc) is 2.78. The highest BCUT2D eigenvalue weighted by Gasteiger charge is 2.15. The first-order chi connectivity index (χ1) is 7.16. The SMILES string of the molecule is O=C(NC1=NCCS1)c1cc(Br)c(Br)s1. The summed E-state index contributed by atoms with van der Waals surface area (Å²) in [5.41, 5.74) is 0. The van der Waals surface area contributed by atoms with E-state index >= 15 is 0 Å². The number of hydrogen-bond donors (Lipinski definition) is 1. The molecule has 1 aliphatic rings. The van der Waals surface area contributed by atoms with Gasteiger partial charge in [-0.3, -0.25) is 9.79 Å². The van der Waals surface area contributed by atoms with Crippen molar-refractivity contribution in [2.45, 2.75) is 0 Å². The molecular weight excluding hydrogens is 364 g/mol. The molecule has 0 aromatic carbocycles. The molecule has 7 heteroatoms. The van der Waals surface area contributed by atoms with Crippen molar-refractivity contribution in [3.05, 3.63) is 19.2 Å². The quantitative estimate of drug-likeness (QED) is 0.826. The second-order valence-electron chi connectivity index (χ2n) is 2.72. The molecule has 2 heterocycles. The van der Waals surface area contributed by atoms with Crippen LogP contribution in [-0.2, 0) is 0 Å². The van der Waals surface area contributed by atoms with E-state index in [1.165, 1.54) is 11.3 Å². The largest absolute Gasteiger partial charge is 0.301 e. The van der Waals surface area contributed by atoms with Gasteiger partial charge < -0.3 is 5.32 Å². The normalized spacial score (nSPS) is 15.2. The highest BCUT2D eigenvalue weighted by atomic mass is 79.9. The average molecular weight is 370 g/mol. The van der Waals surface area contributed by atoms with Crippen molar-refractivity contribution in [2.24, 2.45) is 4.99 Å². The van der Waals surface area contributed by atoms with Crippen molar-refractivity contribution in [1.82, 2.24) is 5.32 Å². The molecule has 80 valence electrons. The zero-order valence-corrected chi connectivity index (χ0v) is 12.2. The molecule has 0 unspecified atom stereocenters. The minimum Gasteiger partial charge on any atom is -0.301 e. The number of rotatable bonds is 1. The number of amidine groups is 1. The van der Waals surface area contributed by atoms with Gasteiger partial charge in [-0.15, -0.1) is 11.3 Å². The molecule has 1 amide bonds. The summed E-state index contributed by atoms with van der Waals surface area (Å²) >= 11 is 9.67. The standard InChI is InChI=1S/C8H6Br2N2OS2/c9-4-3-5(15-6(4)10)7(13)12-8-11-1-2-14-8/h3H,1-2H2,(H,11,12,13). The van der Waals surface area contributed by atoms with Crippen LogP contribution in [0.5, 0.6) is 0 Å². The van der Waals surface area contributed by atoms with Gasteiger partial charge in [-0.2, -0.15) is 0 Å². The lowest BCUT2D eigenvalue weighted by atomic mass is 10.4. The Labute approximate surface area is 112 Å². The second-order valence-corrected chi connectivity index (χ2v) is 7.03. The van der Waals surface area contributed by atoms with Gasteiger partial charge in [0.15, 0.2) is 5.17 Å². The number of carbonyl (C=O) groups is 1. The molecule has 0 saturated carbocycles. The van der Waals surface area contributed by atoms with Crippen molar-refractivity contribution in [3.63, 3.8) is 0 Å². The van der Waals surface area contributed by atoms with Crippen molar-refractivity contribution >= 4 is 66.0 Å². The topological polar surface area (TPSA) is 41.5 Å². The first-order valence-corrected chi connectivity index (χ1v) is 7.49. The summed E-state index contributed by atoms with van der Waals surface area (Å²) in [4.78, 5) is 16.6. The van der Waals surface area contributed by atoms with E-state index in [-0.39, 0.29) is 5.91 Å². The van der Waals surface area contributed by atoms with Crippen LogP contribution < -0.4 is 5.32 Å². The molecule has 0 spiro atoms. The molecule has 1 aromatic rings. The first-order valence-electron chi connectivity index (χ1n) is 4.10. The zero-order chi connectivity index (χ0) is 10.8. The van der Waals surface area contributed by atoms with E-state index in [1.54, 1.807) is 17.8 Å².